The minimum absolute atomic E-state index is 0.0231. The van der Waals surface area contributed by atoms with Crippen LogP contribution in [0.2, 0.25) is 0 Å². The third-order valence-corrected chi connectivity index (χ3v) is 4.51. The first-order valence-electron chi connectivity index (χ1n) is 7.38. The van der Waals surface area contributed by atoms with E-state index in [2.05, 4.69) is 10.3 Å². The van der Waals surface area contributed by atoms with Crippen molar-refractivity contribution in [3.05, 3.63) is 45.4 Å². The van der Waals surface area contributed by atoms with Gasteiger partial charge in [0.25, 0.3) is 0 Å². The van der Waals surface area contributed by atoms with Crippen LogP contribution in [0.5, 0.6) is 0 Å². The Morgan fingerprint density at radius 2 is 2.00 bits per heavy atom. The van der Waals surface area contributed by atoms with Crippen LogP contribution in [-0.4, -0.2) is 35.3 Å². The van der Waals surface area contributed by atoms with Crippen molar-refractivity contribution in [1.29, 1.82) is 0 Å². The van der Waals surface area contributed by atoms with Crippen LogP contribution in [0.25, 0.3) is 0 Å². The Morgan fingerprint density at radius 1 is 1.26 bits per heavy atom. The summed E-state index contributed by atoms with van der Waals surface area (Å²) < 4.78 is 0. The number of nitrogens with one attached hydrogen (secondary N) is 1. The van der Waals surface area contributed by atoms with Crippen LogP contribution in [0, 0.1) is 20.8 Å². The predicted molar refractivity (Wildman–Crippen MR) is 92.7 cm³/mol. The summed E-state index contributed by atoms with van der Waals surface area (Å²) in [5.41, 5.74) is 3.68. The molecule has 0 unspecified atom stereocenters. The summed E-state index contributed by atoms with van der Waals surface area (Å²) in [5, 5.41) is 5.66. The summed E-state index contributed by atoms with van der Waals surface area (Å²) in [5.74, 6) is -0.324. The van der Waals surface area contributed by atoms with Gasteiger partial charge in [0.05, 0.1) is 23.7 Å². The molecule has 2 amide bonds. The fourth-order valence-corrected chi connectivity index (χ4v) is 2.77. The number of thiazole rings is 1. The summed E-state index contributed by atoms with van der Waals surface area (Å²) in [4.78, 5) is 30.0. The lowest BCUT2D eigenvalue weighted by atomic mass is 10.1. The lowest BCUT2D eigenvalue weighted by Gasteiger charge is -2.17. The number of carbonyl (C=O) groups is 2. The van der Waals surface area contributed by atoms with E-state index in [1.165, 1.54) is 16.2 Å². The zero-order chi connectivity index (χ0) is 17.0. The van der Waals surface area contributed by atoms with Gasteiger partial charge in [-0.05, 0) is 38.0 Å². The highest BCUT2D eigenvalue weighted by Crippen LogP contribution is 2.17. The van der Waals surface area contributed by atoms with Crippen molar-refractivity contribution in [3.63, 3.8) is 0 Å². The fraction of sp³-hybridized carbons (Fsp3) is 0.353. The molecule has 0 fully saturated rings. The number of likely N-dealkylation sites (N-methyl/N-ethyl adjacent to an activating group) is 1. The topological polar surface area (TPSA) is 62.3 Å². The quantitative estimate of drug-likeness (QED) is 0.916. The summed E-state index contributed by atoms with van der Waals surface area (Å²) in [6.45, 7) is 5.89. The Balaban J connectivity index is 1.91. The number of aryl methyl sites for hydroxylation is 2. The smallest absolute Gasteiger partial charge is 0.243 e. The first-order valence-corrected chi connectivity index (χ1v) is 8.26. The first kappa shape index (κ1) is 17.1. The van der Waals surface area contributed by atoms with Gasteiger partial charge in [-0.3, -0.25) is 9.59 Å². The molecular formula is C17H21N3O2S. The molecule has 0 aliphatic rings. The highest BCUT2D eigenvalue weighted by molar-refractivity contribution is 7.09. The molecule has 0 atom stereocenters. The first-order chi connectivity index (χ1) is 10.9. The number of carbonyl (C=O) groups excluding carboxylic acids is 2. The number of aromatic nitrogens is 1. The molecule has 122 valence electrons. The van der Waals surface area contributed by atoms with Crippen LogP contribution in [0.4, 0.5) is 5.69 Å². The third kappa shape index (κ3) is 4.63. The fourth-order valence-electron chi connectivity index (χ4n) is 2.16. The molecule has 1 N–H and O–H groups in total. The molecule has 0 radical (unpaired) electrons. The maximum Gasteiger partial charge on any atom is 0.243 e. The summed E-state index contributed by atoms with van der Waals surface area (Å²) >= 11 is 1.52. The third-order valence-electron chi connectivity index (χ3n) is 3.68. The zero-order valence-corrected chi connectivity index (χ0v) is 14.7. The molecule has 2 aromatic rings. The number of hydrogen-bond acceptors (Lipinski definition) is 4. The van der Waals surface area contributed by atoms with E-state index < -0.39 is 0 Å². The van der Waals surface area contributed by atoms with Crippen molar-refractivity contribution in [2.75, 3.05) is 18.9 Å². The maximum absolute atomic E-state index is 12.1. The Hall–Kier alpha value is -2.21. The van der Waals surface area contributed by atoms with Gasteiger partial charge in [-0.2, -0.15) is 0 Å². The van der Waals surface area contributed by atoms with Crippen LogP contribution in [-0.2, 0) is 16.0 Å². The molecule has 0 saturated heterocycles. The monoisotopic (exact) mass is 331 g/mol. The molecule has 0 aliphatic carbocycles. The van der Waals surface area contributed by atoms with Gasteiger partial charge >= 0.3 is 0 Å². The van der Waals surface area contributed by atoms with E-state index in [0.717, 1.165) is 27.5 Å². The second-order valence-corrected chi connectivity index (χ2v) is 6.64. The second kappa shape index (κ2) is 7.37. The molecule has 1 aromatic heterocycles. The molecule has 0 spiro atoms. The van der Waals surface area contributed by atoms with E-state index in [9.17, 15) is 9.59 Å². The van der Waals surface area contributed by atoms with Gasteiger partial charge in [0, 0.05) is 18.1 Å². The average molecular weight is 331 g/mol. The Labute approximate surface area is 140 Å². The normalized spacial score (nSPS) is 10.4. The van der Waals surface area contributed by atoms with E-state index >= 15 is 0 Å². The van der Waals surface area contributed by atoms with Crippen LogP contribution >= 0.6 is 11.3 Å². The largest absolute Gasteiger partial charge is 0.336 e. The molecular weight excluding hydrogens is 310 g/mol. The molecule has 5 nitrogen and oxygen atoms in total. The zero-order valence-electron chi connectivity index (χ0n) is 13.8. The predicted octanol–water partition coefficient (Wildman–Crippen LogP) is 2.71. The molecule has 0 saturated carbocycles. The standard InChI is InChI=1S/C17H21N3O2S/c1-11-6-5-7-15(12(11)2)19-16(21)9-20(4)17(22)8-14-10-23-13(3)18-14/h5-7,10H,8-9H2,1-4H3,(H,19,21). The molecule has 0 aliphatic heterocycles. The summed E-state index contributed by atoms with van der Waals surface area (Å²) in [6.07, 6.45) is 0.220. The number of benzene rings is 1. The molecule has 2 rings (SSSR count). The number of nitrogens with zero attached hydrogens (tertiary/aromatic N) is 2. The van der Waals surface area contributed by atoms with Crippen LogP contribution in [0.1, 0.15) is 21.8 Å². The van der Waals surface area contributed by atoms with Crippen molar-refractivity contribution in [2.45, 2.75) is 27.2 Å². The van der Waals surface area contributed by atoms with Crippen molar-refractivity contribution in [1.82, 2.24) is 9.88 Å². The van der Waals surface area contributed by atoms with Crippen molar-refractivity contribution in [2.24, 2.45) is 0 Å². The van der Waals surface area contributed by atoms with E-state index in [4.69, 9.17) is 0 Å². The van der Waals surface area contributed by atoms with Crippen LogP contribution < -0.4 is 5.32 Å². The minimum Gasteiger partial charge on any atom is -0.336 e. The van der Waals surface area contributed by atoms with Crippen molar-refractivity contribution < 1.29 is 9.59 Å². The molecule has 0 bridgehead atoms. The van der Waals surface area contributed by atoms with Gasteiger partial charge in [0.1, 0.15) is 0 Å². The molecule has 6 heteroatoms. The van der Waals surface area contributed by atoms with Crippen molar-refractivity contribution in [3.8, 4) is 0 Å². The number of rotatable bonds is 5. The van der Waals surface area contributed by atoms with Crippen LogP contribution in [0.3, 0.4) is 0 Å². The van der Waals surface area contributed by atoms with Gasteiger partial charge in [-0.1, -0.05) is 12.1 Å². The van der Waals surface area contributed by atoms with E-state index in [1.807, 2.05) is 44.4 Å². The Morgan fingerprint density at radius 3 is 2.65 bits per heavy atom. The number of hydrogen-bond donors (Lipinski definition) is 1. The SMILES string of the molecule is Cc1nc(CC(=O)N(C)CC(=O)Nc2cccc(C)c2C)cs1. The highest BCUT2D eigenvalue weighted by Gasteiger charge is 2.15. The Bertz CT molecular complexity index is 724. The maximum atomic E-state index is 12.1. The average Bonchev–Trinajstić information content (AvgIpc) is 2.89. The lowest BCUT2D eigenvalue weighted by Crippen LogP contribution is -2.36. The highest BCUT2D eigenvalue weighted by atomic mass is 32.1. The lowest BCUT2D eigenvalue weighted by molar-refractivity contribution is -0.132. The molecule has 1 aromatic carbocycles. The van der Waals surface area contributed by atoms with E-state index in [-0.39, 0.29) is 24.8 Å². The van der Waals surface area contributed by atoms with Gasteiger partial charge in [-0.25, -0.2) is 4.98 Å². The van der Waals surface area contributed by atoms with E-state index in [0.29, 0.717) is 0 Å². The van der Waals surface area contributed by atoms with Gasteiger partial charge in [0.2, 0.25) is 11.8 Å². The summed E-state index contributed by atoms with van der Waals surface area (Å²) in [7, 11) is 1.63. The Kier molecular flexibility index (Phi) is 5.50. The van der Waals surface area contributed by atoms with Gasteiger partial charge in [-0.15, -0.1) is 11.3 Å². The summed E-state index contributed by atoms with van der Waals surface area (Å²) in [6, 6.07) is 5.76. The molecule has 1 heterocycles. The number of amides is 2. The van der Waals surface area contributed by atoms with Gasteiger partial charge < -0.3 is 10.2 Å². The number of anilines is 1. The van der Waals surface area contributed by atoms with Gasteiger partial charge in [0.15, 0.2) is 0 Å². The minimum atomic E-state index is -0.205. The van der Waals surface area contributed by atoms with Crippen LogP contribution in [0.15, 0.2) is 23.6 Å². The van der Waals surface area contributed by atoms with Crippen molar-refractivity contribution >= 4 is 28.8 Å². The van der Waals surface area contributed by atoms with E-state index in [1.54, 1.807) is 7.05 Å². The molecule has 23 heavy (non-hydrogen) atoms. The second-order valence-electron chi connectivity index (χ2n) is 5.58.